The first-order chi connectivity index (χ1) is 17.9. The number of pyridine rings is 1. The van der Waals surface area contributed by atoms with Gasteiger partial charge in [-0.2, -0.15) is 0 Å². The zero-order valence-electron chi connectivity index (χ0n) is 21.2. The molecular weight excluding hydrogens is 489 g/mol. The van der Waals surface area contributed by atoms with Crippen molar-refractivity contribution in [2.45, 2.75) is 55.4 Å². The summed E-state index contributed by atoms with van der Waals surface area (Å²) >= 11 is 0. The van der Waals surface area contributed by atoms with Crippen molar-refractivity contribution in [2.24, 2.45) is 40.9 Å². The third-order valence-electron chi connectivity index (χ3n) is 11.1. The molecule has 1 aromatic heterocycles. The van der Waals surface area contributed by atoms with Crippen molar-refractivity contribution in [3.05, 3.63) is 30.6 Å². The van der Waals surface area contributed by atoms with Gasteiger partial charge in [0.1, 0.15) is 6.67 Å². The molecule has 8 aliphatic rings. The smallest absolute Gasteiger partial charge is 0.241 e. The lowest BCUT2D eigenvalue weighted by atomic mass is 9.49. The van der Waals surface area contributed by atoms with E-state index in [-0.39, 0.29) is 16.9 Å². The number of ether oxygens (including phenoxy) is 1. The van der Waals surface area contributed by atoms with Crippen LogP contribution in [-0.2, 0) is 14.8 Å². The number of halogens is 1. The highest BCUT2D eigenvalue weighted by Gasteiger charge is 2.62. The summed E-state index contributed by atoms with van der Waals surface area (Å²) in [5.74, 6) is 5.54. The molecule has 10 rings (SSSR count). The van der Waals surface area contributed by atoms with Gasteiger partial charge in [-0.25, -0.2) is 17.5 Å². The molecule has 5 saturated carbocycles. The van der Waals surface area contributed by atoms with Crippen LogP contribution in [0.2, 0.25) is 0 Å². The summed E-state index contributed by atoms with van der Waals surface area (Å²) < 4.78 is 48.6. The van der Waals surface area contributed by atoms with Crippen LogP contribution in [-0.4, -0.2) is 51.9 Å². The van der Waals surface area contributed by atoms with Crippen LogP contribution in [0, 0.1) is 40.9 Å². The Kier molecular flexibility index (Phi) is 4.93. The van der Waals surface area contributed by atoms with E-state index in [4.69, 9.17) is 4.74 Å². The van der Waals surface area contributed by atoms with Gasteiger partial charge in [0.2, 0.25) is 10.0 Å². The molecule has 0 radical (unpaired) electrons. The average Bonchev–Trinajstić information content (AvgIpc) is 3.40. The number of rotatable bonds is 7. The van der Waals surface area contributed by atoms with Gasteiger partial charge in [-0.3, -0.25) is 4.98 Å². The first kappa shape index (κ1) is 23.1. The number of nitrogens with zero attached hydrogens (tertiary/aromatic N) is 2. The molecule has 8 heteroatoms. The normalized spacial score (nSPS) is 40.2. The highest BCUT2D eigenvalue weighted by molar-refractivity contribution is 7.89. The van der Waals surface area contributed by atoms with E-state index in [1.54, 1.807) is 12.3 Å². The molecule has 3 saturated heterocycles. The second-order valence-electron chi connectivity index (χ2n) is 13.5. The Labute approximate surface area is 218 Å². The number of aromatic nitrogens is 1. The van der Waals surface area contributed by atoms with E-state index in [1.807, 2.05) is 18.3 Å². The molecule has 0 atom stereocenters. The van der Waals surface area contributed by atoms with E-state index in [2.05, 4.69) is 14.6 Å². The van der Waals surface area contributed by atoms with E-state index in [9.17, 15) is 12.8 Å². The predicted octanol–water partition coefficient (Wildman–Crippen LogP) is 4.54. The fourth-order valence-electron chi connectivity index (χ4n) is 9.81. The molecule has 5 aliphatic carbocycles. The third-order valence-corrected chi connectivity index (χ3v) is 12.6. The van der Waals surface area contributed by atoms with Crippen LogP contribution in [0.4, 0.5) is 10.1 Å². The van der Waals surface area contributed by atoms with Gasteiger partial charge in [0.15, 0.2) is 0 Å². The van der Waals surface area contributed by atoms with Crippen molar-refractivity contribution in [1.29, 1.82) is 0 Å². The molecule has 1 aromatic carbocycles. The minimum atomic E-state index is -3.73. The van der Waals surface area contributed by atoms with Crippen LogP contribution < -0.4 is 9.62 Å². The van der Waals surface area contributed by atoms with E-state index in [0.717, 1.165) is 59.7 Å². The molecule has 0 amide bonds. The van der Waals surface area contributed by atoms with E-state index in [0.29, 0.717) is 24.8 Å². The van der Waals surface area contributed by atoms with E-state index >= 15 is 0 Å². The lowest BCUT2D eigenvalue weighted by Gasteiger charge is -2.59. The second kappa shape index (κ2) is 7.89. The first-order valence-electron chi connectivity index (χ1n) is 14.2. The molecule has 6 nitrogen and oxygen atoms in total. The Bertz CT molecular complexity index is 1320. The molecular formula is C29H36FN3O3S. The van der Waals surface area contributed by atoms with Gasteiger partial charge in [0, 0.05) is 53.9 Å². The number of alkyl halides is 1. The molecule has 6 bridgehead atoms. The second-order valence-corrected chi connectivity index (χ2v) is 15.2. The molecule has 0 unspecified atom stereocenters. The van der Waals surface area contributed by atoms with Crippen LogP contribution in [0.15, 0.2) is 35.5 Å². The fourth-order valence-corrected chi connectivity index (χ4v) is 11.2. The van der Waals surface area contributed by atoms with Gasteiger partial charge >= 0.3 is 0 Å². The molecule has 3 aliphatic heterocycles. The quantitative estimate of drug-likeness (QED) is 0.575. The monoisotopic (exact) mass is 525 g/mol. The summed E-state index contributed by atoms with van der Waals surface area (Å²) in [7, 11) is -3.73. The van der Waals surface area contributed by atoms with Crippen molar-refractivity contribution in [2.75, 3.05) is 37.8 Å². The van der Waals surface area contributed by atoms with Gasteiger partial charge in [-0.1, -0.05) is 0 Å². The number of sulfonamides is 1. The van der Waals surface area contributed by atoms with Gasteiger partial charge in [0.25, 0.3) is 0 Å². The highest BCUT2D eigenvalue weighted by Crippen LogP contribution is 2.60. The van der Waals surface area contributed by atoms with Crippen molar-refractivity contribution in [1.82, 2.24) is 9.71 Å². The van der Waals surface area contributed by atoms with Crippen molar-refractivity contribution in [3.63, 3.8) is 0 Å². The van der Waals surface area contributed by atoms with Crippen LogP contribution in [0.3, 0.4) is 0 Å². The molecule has 1 N–H and O–H groups in total. The molecule has 0 spiro atoms. The maximum atomic E-state index is 13.4. The molecule has 2 aromatic rings. The number of benzene rings is 1. The van der Waals surface area contributed by atoms with Crippen LogP contribution in [0.1, 0.15) is 44.9 Å². The van der Waals surface area contributed by atoms with Gasteiger partial charge in [0.05, 0.1) is 17.1 Å². The maximum absolute atomic E-state index is 13.4. The van der Waals surface area contributed by atoms with E-state index < -0.39 is 22.3 Å². The van der Waals surface area contributed by atoms with Crippen LogP contribution >= 0.6 is 0 Å². The number of hydrogen-bond acceptors (Lipinski definition) is 5. The number of fused-ring (bicyclic) bond motifs is 2. The molecule has 198 valence electrons. The molecule has 8 fully saturated rings. The lowest BCUT2D eigenvalue weighted by molar-refractivity contribution is -0.0664. The minimum absolute atomic E-state index is 0.277. The summed E-state index contributed by atoms with van der Waals surface area (Å²) in [6, 6.07) is 5.54. The topological polar surface area (TPSA) is 71.5 Å². The number of anilines is 1. The van der Waals surface area contributed by atoms with Gasteiger partial charge in [-0.05, 0) is 98.7 Å². The van der Waals surface area contributed by atoms with Crippen LogP contribution in [0.25, 0.3) is 10.8 Å². The summed E-state index contributed by atoms with van der Waals surface area (Å²) in [6.45, 7) is 2.34. The Morgan fingerprint density at radius 3 is 2.41 bits per heavy atom. The summed E-state index contributed by atoms with van der Waals surface area (Å²) in [6.07, 6.45) is 12.0. The van der Waals surface area contributed by atoms with Gasteiger partial charge < -0.3 is 9.64 Å². The van der Waals surface area contributed by atoms with Crippen molar-refractivity contribution in [3.8, 4) is 0 Å². The van der Waals surface area contributed by atoms with Crippen molar-refractivity contribution < 1.29 is 17.5 Å². The number of hydrogen-bond donors (Lipinski definition) is 1. The fraction of sp³-hybridized carbons (Fsp3) is 0.690. The largest absolute Gasteiger partial charge is 0.372 e. The zero-order valence-corrected chi connectivity index (χ0v) is 22.1. The van der Waals surface area contributed by atoms with E-state index in [1.165, 1.54) is 32.1 Å². The average molecular weight is 526 g/mol. The van der Waals surface area contributed by atoms with Crippen LogP contribution in [0.5, 0.6) is 0 Å². The summed E-state index contributed by atoms with van der Waals surface area (Å²) in [4.78, 5) is 7.08. The zero-order chi connectivity index (χ0) is 25.0. The minimum Gasteiger partial charge on any atom is -0.372 e. The van der Waals surface area contributed by atoms with Gasteiger partial charge in [-0.15, -0.1) is 0 Å². The Balaban J connectivity index is 1.01. The Hall–Kier alpha value is -1.77. The highest BCUT2D eigenvalue weighted by atomic mass is 32.2. The summed E-state index contributed by atoms with van der Waals surface area (Å²) in [5, 5.41) is 1.61. The number of nitrogens with one attached hydrogen (secondary N) is 1. The van der Waals surface area contributed by atoms with Crippen molar-refractivity contribution >= 4 is 26.5 Å². The maximum Gasteiger partial charge on any atom is 0.241 e. The first-order valence-corrected chi connectivity index (χ1v) is 15.7. The third kappa shape index (κ3) is 3.47. The predicted molar refractivity (Wildman–Crippen MR) is 139 cm³/mol. The SMILES string of the molecule is O=S(=O)(NCC12COC(CF)(C1)C2)c1ccc(N2CC(C3C4CC5CC(C4)CC3C5)C2)c2cnccc12. The lowest BCUT2D eigenvalue weighted by Crippen LogP contribution is -2.57. The molecule has 4 heterocycles. The Morgan fingerprint density at radius 2 is 1.73 bits per heavy atom. The molecule has 37 heavy (non-hydrogen) atoms. The standard InChI is InChI=1S/C29H36FN3O3S/c30-15-29-13-28(14-29,17-36-29)16-32-37(34,35)26-2-1-25(24-10-31-4-3-23(24)26)33-11-22(12-33)27-20-6-18-5-19(8-20)9-21(27)7-18/h1-4,10,18-22,27,32H,5-9,11-17H2. The summed E-state index contributed by atoms with van der Waals surface area (Å²) in [5.41, 5.74) is 0.148. The Morgan fingerprint density at radius 1 is 1.00 bits per heavy atom.